The van der Waals surface area contributed by atoms with Crippen LogP contribution in [-0.4, -0.2) is 34.5 Å². The van der Waals surface area contributed by atoms with Crippen LogP contribution >= 0.6 is 0 Å². The van der Waals surface area contributed by atoms with Crippen molar-refractivity contribution in [3.63, 3.8) is 0 Å². The third kappa shape index (κ3) is 2.61. The molecule has 0 aliphatic rings. The molecule has 0 amide bonds. The van der Waals surface area contributed by atoms with Crippen molar-refractivity contribution in [2.75, 3.05) is 7.11 Å². The fraction of sp³-hybridized carbons (Fsp3) is 0.0909. The van der Waals surface area contributed by atoms with Crippen LogP contribution in [0.15, 0.2) is 36.4 Å². The van der Waals surface area contributed by atoms with Crippen LogP contribution in [0.3, 0.4) is 0 Å². The maximum Gasteiger partial charge on any atom is 0.488 e. The molecular formula is C11H11BN2O3. The SMILES string of the molecule is COc1ccc(-c2ccc(B(O)O)cc2)nn1. The number of hydrogen-bond acceptors (Lipinski definition) is 5. The Morgan fingerprint density at radius 3 is 2.18 bits per heavy atom. The van der Waals surface area contributed by atoms with Gasteiger partial charge in [-0.05, 0) is 11.5 Å². The van der Waals surface area contributed by atoms with Crippen molar-refractivity contribution in [2.24, 2.45) is 0 Å². The molecule has 0 aliphatic heterocycles. The van der Waals surface area contributed by atoms with Gasteiger partial charge in [-0.2, -0.15) is 0 Å². The Bertz CT molecular complexity index is 485. The van der Waals surface area contributed by atoms with Gasteiger partial charge < -0.3 is 14.8 Å². The molecule has 0 saturated heterocycles. The van der Waals surface area contributed by atoms with E-state index in [9.17, 15) is 0 Å². The molecule has 2 aromatic rings. The fourth-order valence-corrected chi connectivity index (χ4v) is 1.41. The van der Waals surface area contributed by atoms with Crippen molar-refractivity contribution in [1.82, 2.24) is 10.2 Å². The lowest BCUT2D eigenvalue weighted by molar-refractivity contribution is 0.392. The van der Waals surface area contributed by atoms with Crippen molar-refractivity contribution in [3.05, 3.63) is 36.4 Å². The third-order valence-electron chi connectivity index (χ3n) is 2.35. The van der Waals surface area contributed by atoms with E-state index in [0.29, 0.717) is 17.0 Å². The zero-order valence-electron chi connectivity index (χ0n) is 9.24. The van der Waals surface area contributed by atoms with E-state index in [0.717, 1.165) is 5.56 Å². The largest absolute Gasteiger partial charge is 0.488 e. The molecule has 0 unspecified atom stereocenters. The molecule has 2 N–H and O–H groups in total. The number of ether oxygens (including phenoxy) is 1. The highest BCUT2D eigenvalue weighted by Gasteiger charge is 2.10. The Morgan fingerprint density at radius 2 is 1.71 bits per heavy atom. The molecule has 0 spiro atoms. The summed E-state index contributed by atoms with van der Waals surface area (Å²) in [5.41, 5.74) is 1.99. The summed E-state index contributed by atoms with van der Waals surface area (Å²) in [6, 6.07) is 10.3. The second kappa shape index (κ2) is 4.94. The van der Waals surface area contributed by atoms with Crippen LogP contribution in [0.1, 0.15) is 0 Å². The summed E-state index contributed by atoms with van der Waals surface area (Å²) < 4.78 is 4.92. The van der Waals surface area contributed by atoms with Crippen LogP contribution in [0.5, 0.6) is 5.88 Å². The first-order valence-corrected chi connectivity index (χ1v) is 5.05. The predicted octanol–water partition coefficient (Wildman–Crippen LogP) is -0.168. The Balaban J connectivity index is 2.26. The van der Waals surface area contributed by atoms with Gasteiger partial charge in [-0.1, -0.05) is 24.3 Å². The van der Waals surface area contributed by atoms with Crippen LogP contribution in [0.4, 0.5) is 0 Å². The molecule has 1 heterocycles. The number of methoxy groups -OCH3 is 1. The molecule has 2 rings (SSSR count). The van der Waals surface area contributed by atoms with Gasteiger partial charge in [0.1, 0.15) is 0 Å². The van der Waals surface area contributed by atoms with E-state index in [1.54, 1.807) is 36.4 Å². The van der Waals surface area contributed by atoms with E-state index in [2.05, 4.69) is 10.2 Å². The highest BCUT2D eigenvalue weighted by molar-refractivity contribution is 6.58. The number of aromatic nitrogens is 2. The first-order chi connectivity index (χ1) is 8.20. The van der Waals surface area contributed by atoms with Gasteiger partial charge >= 0.3 is 7.12 Å². The summed E-state index contributed by atoms with van der Waals surface area (Å²) >= 11 is 0. The van der Waals surface area contributed by atoms with Gasteiger partial charge in [0.15, 0.2) is 0 Å². The Hall–Kier alpha value is -1.92. The Kier molecular flexibility index (Phi) is 3.36. The average Bonchev–Trinajstić information content (AvgIpc) is 2.39. The molecule has 0 aliphatic carbocycles. The van der Waals surface area contributed by atoms with E-state index in [4.69, 9.17) is 14.8 Å². The summed E-state index contributed by atoms with van der Waals surface area (Å²) in [6.45, 7) is 0. The smallest absolute Gasteiger partial charge is 0.480 e. The number of hydrogen-bond donors (Lipinski definition) is 2. The summed E-state index contributed by atoms with van der Waals surface area (Å²) in [7, 11) is 0.0761. The zero-order chi connectivity index (χ0) is 12.3. The highest BCUT2D eigenvalue weighted by atomic mass is 16.5. The molecular weight excluding hydrogens is 219 g/mol. The molecule has 0 fully saturated rings. The lowest BCUT2D eigenvalue weighted by Gasteiger charge is -2.03. The predicted molar refractivity (Wildman–Crippen MR) is 63.8 cm³/mol. The molecule has 5 nitrogen and oxygen atoms in total. The van der Waals surface area contributed by atoms with Gasteiger partial charge in [0, 0.05) is 11.6 Å². The van der Waals surface area contributed by atoms with Crippen LogP contribution in [0, 0.1) is 0 Å². The van der Waals surface area contributed by atoms with Crippen LogP contribution < -0.4 is 10.2 Å². The van der Waals surface area contributed by atoms with Crippen molar-refractivity contribution in [1.29, 1.82) is 0 Å². The van der Waals surface area contributed by atoms with Gasteiger partial charge in [0.2, 0.25) is 5.88 Å². The van der Waals surface area contributed by atoms with Gasteiger partial charge in [-0.25, -0.2) is 0 Å². The van der Waals surface area contributed by atoms with Crippen molar-refractivity contribution < 1.29 is 14.8 Å². The molecule has 0 atom stereocenters. The topological polar surface area (TPSA) is 75.5 Å². The first-order valence-electron chi connectivity index (χ1n) is 5.05. The summed E-state index contributed by atoms with van der Waals surface area (Å²) in [5, 5.41) is 25.8. The van der Waals surface area contributed by atoms with E-state index < -0.39 is 7.12 Å². The maximum atomic E-state index is 8.96. The first kappa shape index (κ1) is 11.6. The average molecular weight is 230 g/mol. The molecule has 86 valence electrons. The standard InChI is InChI=1S/C11H11BN2O3/c1-17-11-7-6-10(13-14-11)8-2-4-9(5-3-8)12(15)16/h2-7,15-16H,1H3. The van der Waals surface area contributed by atoms with Gasteiger partial charge in [-0.15, -0.1) is 10.2 Å². The monoisotopic (exact) mass is 230 g/mol. The molecule has 0 bridgehead atoms. The maximum absolute atomic E-state index is 8.96. The number of rotatable bonds is 3. The number of nitrogens with zero attached hydrogens (tertiary/aromatic N) is 2. The third-order valence-corrected chi connectivity index (χ3v) is 2.35. The molecule has 0 saturated carbocycles. The minimum atomic E-state index is -1.45. The van der Waals surface area contributed by atoms with Gasteiger partial charge in [0.25, 0.3) is 0 Å². The second-order valence-electron chi connectivity index (χ2n) is 3.46. The zero-order valence-corrected chi connectivity index (χ0v) is 9.24. The van der Waals surface area contributed by atoms with Crippen LogP contribution in [0.2, 0.25) is 0 Å². The van der Waals surface area contributed by atoms with Gasteiger partial charge in [-0.3, -0.25) is 0 Å². The Labute approximate surface area is 98.9 Å². The van der Waals surface area contributed by atoms with E-state index in [-0.39, 0.29) is 0 Å². The quantitative estimate of drug-likeness (QED) is 0.716. The Morgan fingerprint density at radius 1 is 1.00 bits per heavy atom. The van der Waals surface area contributed by atoms with Crippen LogP contribution in [0.25, 0.3) is 11.3 Å². The molecule has 1 aromatic carbocycles. The fourth-order valence-electron chi connectivity index (χ4n) is 1.41. The van der Waals surface area contributed by atoms with Crippen molar-refractivity contribution in [3.8, 4) is 17.1 Å². The minimum absolute atomic E-state index is 0.440. The minimum Gasteiger partial charge on any atom is -0.480 e. The summed E-state index contributed by atoms with van der Waals surface area (Å²) in [6.07, 6.45) is 0. The number of benzene rings is 1. The molecule has 0 radical (unpaired) electrons. The second-order valence-corrected chi connectivity index (χ2v) is 3.46. The van der Waals surface area contributed by atoms with E-state index >= 15 is 0 Å². The normalized spacial score (nSPS) is 10.1. The summed E-state index contributed by atoms with van der Waals surface area (Å²) in [4.78, 5) is 0. The van der Waals surface area contributed by atoms with E-state index in [1.165, 1.54) is 7.11 Å². The van der Waals surface area contributed by atoms with Crippen LogP contribution in [-0.2, 0) is 0 Å². The molecule has 6 heteroatoms. The van der Waals surface area contributed by atoms with Crippen molar-refractivity contribution in [2.45, 2.75) is 0 Å². The highest BCUT2D eigenvalue weighted by Crippen LogP contribution is 2.16. The lowest BCUT2D eigenvalue weighted by Crippen LogP contribution is -2.29. The molecule has 1 aromatic heterocycles. The summed E-state index contributed by atoms with van der Waals surface area (Å²) in [5.74, 6) is 0.455. The lowest BCUT2D eigenvalue weighted by atomic mass is 9.80. The van der Waals surface area contributed by atoms with Gasteiger partial charge in [0.05, 0.1) is 12.8 Å². The van der Waals surface area contributed by atoms with E-state index in [1.807, 2.05) is 0 Å². The van der Waals surface area contributed by atoms with Crippen molar-refractivity contribution >= 4 is 12.6 Å². The molecule has 17 heavy (non-hydrogen) atoms.